The van der Waals surface area contributed by atoms with E-state index in [0.29, 0.717) is 6.54 Å². The Morgan fingerprint density at radius 1 is 1.36 bits per heavy atom. The van der Waals surface area contributed by atoms with Gasteiger partial charge in [-0.3, -0.25) is 5.43 Å². The van der Waals surface area contributed by atoms with Crippen LogP contribution in [-0.2, 0) is 13.0 Å². The molecule has 2 amide bonds. The minimum atomic E-state index is -0.209. The van der Waals surface area contributed by atoms with Crippen molar-refractivity contribution < 1.29 is 4.79 Å². The molecule has 1 aliphatic rings. The Morgan fingerprint density at radius 2 is 2.07 bits per heavy atom. The molecular weight excluding hydrogens is 178 g/mol. The van der Waals surface area contributed by atoms with E-state index in [2.05, 4.69) is 11.5 Å². The lowest BCUT2D eigenvalue weighted by atomic mass is 10.0. The summed E-state index contributed by atoms with van der Waals surface area (Å²) in [6.45, 7) is 1.39. The first-order valence-electron chi connectivity index (χ1n) is 4.63. The first-order chi connectivity index (χ1) is 6.81. The van der Waals surface area contributed by atoms with Gasteiger partial charge in [-0.05, 0) is 17.5 Å². The highest BCUT2D eigenvalue weighted by atomic mass is 16.2. The summed E-state index contributed by atoms with van der Waals surface area (Å²) in [6, 6.07) is 7.96. The maximum absolute atomic E-state index is 11.3. The normalized spacial score (nSPS) is 14.8. The van der Waals surface area contributed by atoms with Crippen molar-refractivity contribution in [3.63, 3.8) is 0 Å². The third-order valence-corrected chi connectivity index (χ3v) is 2.54. The molecule has 0 radical (unpaired) electrons. The lowest BCUT2D eigenvalue weighted by Gasteiger charge is -2.28. The third-order valence-electron chi connectivity index (χ3n) is 2.54. The molecule has 0 atom stereocenters. The molecule has 1 aromatic rings. The standard InChI is InChI=1S/C10H13N3O/c11-12-10(14)13-6-5-8-3-1-2-4-9(8)7-13/h1-4H,5-7,11H2,(H,12,14). The number of carbonyl (C=O) groups is 1. The molecule has 4 heteroatoms. The van der Waals surface area contributed by atoms with Gasteiger partial charge < -0.3 is 4.90 Å². The van der Waals surface area contributed by atoms with E-state index < -0.39 is 0 Å². The van der Waals surface area contributed by atoms with Crippen molar-refractivity contribution >= 4 is 6.03 Å². The fraction of sp³-hybridized carbons (Fsp3) is 0.300. The van der Waals surface area contributed by atoms with E-state index in [1.54, 1.807) is 4.90 Å². The smallest absolute Gasteiger partial charge is 0.319 e. The van der Waals surface area contributed by atoms with Crippen LogP contribution < -0.4 is 11.3 Å². The monoisotopic (exact) mass is 191 g/mol. The summed E-state index contributed by atoms with van der Waals surface area (Å²) in [6.07, 6.45) is 0.906. The number of nitrogens with zero attached hydrogens (tertiary/aromatic N) is 1. The lowest BCUT2D eigenvalue weighted by molar-refractivity contribution is 0.192. The lowest BCUT2D eigenvalue weighted by Crippen LogP contribution is -2.45. The van der Waals surface area contributed by atoms with Crippen LogP contribution in [0.25, 0.3) is 0 Å². The van der Waals surface area contributed by atoms with Crippen LogP contribution in [0.4, 0.5) is 4.79 Å². The van der Waals surface area contributed by atoms with Crippen molar-refractivity contribution in [2.45, 2.75) is 13.0 Å². The number of hydrazine groups is 1. The topological polar surface area (TPSA) is 58.4 Å². The van der Waals surface area contributed by atoms with Crippen LogP contribution in [0.2, 0.25) is 0 Å². The van der Waals surface area contributed by atoms with E-state index in [1.165, 1.54) is 11.1 Å². The molecule has 3 N–H and O–H groups in total. The number of carbonyl (C=O) groups excluding carboxylic acids is 1. The largest absolute Gasteiger partial charge is 0.331 e. The molecule has 0 saturated carbocycles. The number of amides is 2. The molecule has 2 rings (SSSR count). The highest BCUT2D eigenvalue weighted by Gasteiger charge is 2.18. The fourth-order valence-electron chi connectivity index (χ4n) is 1.76. The molecule has 4 nitrogen and oxygen atoms in total. The number of urea groups is 1. The highest BCUT2D eigenvalue weighted by molar-refractivity contribution is 5.73. The molecule has 0 saturated heterocycles. The Kier molecular flexibility index (Phi) is 2.37. The molecule has 0 bridgehead atoms. The summed E-state index contributed by atoms with van der Waals surface area (Å²) < 4.78 is 0. The van der Waals surface area contributed by atoms with Crippen molar-refractivity contribution in [1.29, 1.82) is 0 Å². The molecule has 1 aromatic carbocycles. The van der Waals surface area contributed by atoms with Crippen molar-refractivity contribution in [2.75, 3.05) is 6.54 Å². The Bertz CT molecular complexity index is 351. The molecule has 0 fully saturated rings. The summed E-state index contributed by atoms with van der Waals surface area (Å²) in [5, 5.41) is 0. The van der Waals surface area contributed by atoms with Gasteiger partial charge in [0.25, 0.3) is 0 Å². The van der Waals surface area contributed by atoms with Gasteiger partial charge in [-0.2, -0.15) is 0 Å². The molecule has 14 heavy (non-hydrogen) atoms. The van der Waals surface area contributed by atoms with Crippen LogP contribution in [-0.4, -0.2) is 17.5 Å². The second-order valence-corrected chi connectivity index (χ2v) is 3.39. The average Bonchev–Trinajstić information content (AvgIpc) is 2.27. The van der Waals surface area contributed by atoms with Gasteiger partial charge in [0.05, 0.1) is 0 Å². The van der Waals surface area contributed by atoms with Crippen LogP contribution in [0.5, 0.6) is 0 Å². The van der Waals surface area contributed by atoms with Crippen LogP contribution in [0.1, 0.15) is 11.1 Å². The second-order valence-electron chi connectivity index (χ2n) is 3.39. The molecule has 1 aliphatic heterocycles. The zero-order chi connectivity index (χ0) is 9.97. The molecule has 0 unspecified atom stereocenters. The van der Waals surface area contributed by atoms with Crippen molar-refractivity contribution in [3.8, 4) is 0 Å². The molecule has 0 aliphatic carbocycles. The minimum Gasteiger partial charge on any atom is -0.319 e. The summed E-state index contributed by atoms with van der Waals surface area (Å²) in [7, 11) is 0. The zero-order valence-corrected chi connectivity index (χ0v) is 7.86. The maximum Gasteiger partial charge on any atom is 0.331 e. The van der Waals surface area contributed by atoms with Crippen molar-refractivity contribution in [2.24, 2.45) is 5.84 Å². The third kappa shape index (κ3) is 1.56. The predicted octanol–water partition coefficient (Wildman–Crippen LogP) is 0.628. The van der Waals surface area contributed by atoms with Crippen LogP contribution in [0.3, 0.4) is 0 Å². The van der Waals surface area contributed by atoms with Gasteiger partial charge in [-0.25, -0.2) is 10.6 Å². The molecular formula is C10H13N3O. The summed E-state index contributed by atoms with van der Waals surface area (Å²) in [5.41, 5.74) is 4.69. The summed E-state index contributed by atoms with van der Waals surface area (Å²) in [4.78, 5) is 13.0. The second kappa shape index (κ2) is 3.67. The van der Waals surface area contributed by atoms with E-state index in [1.807, 2.05) is 18.2 Å². The highest BCUT2D eigenvalue weighted by Crippen LogP contribution is 2.17. The summed E-state index contributed by atoms with van der Waals surface area (Å²) >= 11 is 0. The van der Waals surface area contributed by atoms with Crippen molar-refractivity contribution in [3.05, 3.63) is 35.4 Å². The minimum absolute atomic E-state index is 0.209. The summed E-state index contributed by atoms with van der Waals surface area (Å²) in [5.74, 6) is 5.08. The first-order valence-corrected chi connectivity index (χ1v) is 4.63. The van der Waals surface area contributed by atoms with E-state index in [9.17, 15) is 4.79 Å². The van der Waals surface area contributed by atoms with Crippen LogP contribution >= 0.6 is 0 Å². The molecule has 0 spiro atoms. The Labute approximate surface area is 82.7 Å². The molecule has 1 heterocycles. The number of nitrogens with two attached hydrogens (primary N) is 1. The number of benzene rings is 1. The Morgan fingerprint density at radius 3 is 2.79 bits per heavy atom. The van der Waals surface area contributed by atoms with Gasteiger partial charge in [0.15, 0.2) is 0 Å². The van der Waals surface area contributed by atoms with Gasteiger partial charge in [0.2, 0.25) is 0 Å². The molecule has 74 valence electrons. The number of hydrogen-bond acceptors (Lipinski definition) is 2. The van der Waals surface area contributed by atoms with Crippen LogP contribution in [0, 0.1) is 0 Å². The Hall–Kier alpha value is -1.55. The number of hydrogen-bond donors (Lipinski definition) is 2. The first kappa shape index (κ1) is 9.02. The van der Waals surface area contributed by atoms with Gasteiger partial charge >= 0.3 is 6.03 Å². The molecule has 0 aromatic heterocycles. The number of rotatable bonds is 0. The van der Waals surface area contributed by atoms with Gasteiger partial charge in [-0.1, -0.05) is 24.3 Å². The van der Waals surface area contributed by atoms with Gasteiger partial charge in [0.1, 0.15) is 0 Å². The zero-order valence-electron chi connectivity index (χ0n) is 7.86. The fourth-order valence-corrected chi connectivity index (χ4v) is 1.76. The SMILES string of the molecule is NNC(=O)N1CCc2ccccc2C1. The number of fused-ring (bicyclic) bond motifs is 1. The van der Waals surface area contributed by atoms with Crippen molar-refractivity contribution in [1.82, 2.24) is 10.3 Å². The van der Waals surface area contributed by atoms with E-state index >= 15 is 0 Å². The predicted molar refractivity (Wildman–Crippen MR) is 53.3 cm³/mol. The quantitative estimate of drug-likeness (QED) is 0.359. The van der Waals surface area contributed by atoms with Gasteiger partial charge in [0, 0.05) is 13.1 Å². The van der Waals surface area contributed by atoms with E-state index in [4.69, 9.17) is 5.84 Å². The Balaban J connectivity index is 2.17. The van der Waals surface area contributed by atoms with E-state index in [0.717, 1.165) is 13.0 Å². The average molecular weight is 191 g/mol. The van der Waals surface area contributed by atoms with E-state index in [-0.39, 0.29) is 6.03 Å². The van der Waals surface area contributed by atoms with Crippen LogP contribution in [0.15, 0.2) is 24.3 Å². The number of nitrogens with one attached hydrogen (secondary N) is 1. The maximum atomic E-state index is 11.3. The van der Waals surface area contributed by atoms with Gasteiger partial charge in [-0.15, -0.1) is 0 Å².